The number of anilines is 1. The van der Waals surface area contributed by atoms with Gasteiger partial charge in [0, 0.05) is 10.3 Å². The Kier molecular flexibility index (Phi) is 6.48. The van der Waals surface area contributed by atoms with Crippen LogP contribution in [-0.2, 0) is 14.3 Å². The molecular formula is C17H15N3O3S3. The van der Waals surface area contributed by atoms with Crippen molar-refractivity contribution in [2.75, 3.05) is 23.9 Å². The van der Waals surface area contributed by atoms with E-state index in [-0.39, 0.29) is 18.3 Å². The first-order valence-electron chi connectivity index (χ1n) is 7.57. The van der Waals surface area contributed by atoms with Gasteiger partial charge in [-0.15, -0.1) is 23.1 Å². The van der Waals surface area contributed by atoms with Crippen LogP contribution in [0.25, 0.3) is 10.2 Å². The van der Waals surface area contributed by atoms with E-state index in [1.54, 1.807) is 0 Å². The van der Waals surface area contributed by atoms with Gasteiger partial charge in [0.2, 0.25) is 0 Å². The van der Waals surface area contributed by atoms with Crippen LogP contribution in [0.15, 0.2) is 52.0 Å². The van der Waals surface area contributed by atoms with E-state index >= 15 is 0 Å². The number of amides is 1. The molecule has 0 unspecified atom stereocenters. The highest BCUT2D eigenvalue weighted by molar-refractivity contribution is 8.00. The summed E-state index contributed by atoms with van der Waals surface area (Å²) in [6.07, 6.45) is 3.41. The molecule has 0 aliphatic carbocycles. The lowest BCUT2D eigenvalue weighted by atomic mass is 10.3. The van der Waals surface area contributed by atoms with E-state index in [4.69, 9.17) is 4.74 Å². The molecule has 0 aliphatic heterocycles. The topological polar surface area (TPSA) is 81.2 Å². The van der Waals surface area contributed by atoms with Gasteiger partial charge in [0.1, 0.15) is 16.2 Å². The molecule has 2 heterocycles. The van der Waals surface area contributed by atoms with Crippen molar-refractivity contribution in [1.29, 1.82) is 0 Å². The van der Waals surface area contributed by atoms with Gasteiger partial charge in [-0.3, -0.25) is 9.59 Å². The maximum atomic E-state index is 12.0. The van der Waals surface area contributed by atoms with Crippen LogP contribution in [0.3, 0.4) is 0 Å². The van der Waals surface area contributed by atoms with E-state index < -0.39 is 5.97 Å². The van der Waals surface area contributed by atoms with Crippen molar-refractivity contribution < 1.29 is 14.3 Å². The summed E-state index contributed by atoms with van der Waals surface area (Å²) in [6.45, 7) is -0.320. The fourth-order valence-corrected chi connectivity index (χ4v) is 4.26. The smallest absolute Gasteiger partial charge is 0.316 e. The number of carbonyl (C=O) groups is 2. The van der Waals surface area contributed by atoms with Gasteiger partial charge >= 0.3 is 5.97 Å². The minimum Gasteiger partial charge on any atom is -0.455 e. The summed E-state index contributed by atoms with van der Waals surface area (Å²) in [5, 5.41) is 6.32. The van der Waals surface area contributed by atoms with Crippen molar-refractivity contribution in [3.05, 3.63) is 42.0 Å². The number of hydrogen-bond acceptors (Lipinski definition) is 8. The van der Waals surface area contributed by atoms with E-state index in [2.05, 4.69) is 15.3 Å². The minimum atomic E-state index is -0.467. The maximum Gasteiger partial charge on any atom is 0.316 e. The molecule has 0 radical (unpaired) electrons. The third-order valence-electron chi connectivity index (χ3n) is 3.30. The van der Waals surface area contributed by atoms with Gasteiger partial charge in [0.25, 0.3) is 5.91 Å². The Hall–Kier alpha value is -2.10. The number of fused-ring (bicyclic) bond motifs is 1. The Labute approximate surface area is 162 Å². The minimum absolute atomic E-state index is 0.0800. The molecule has 0 spiro atoms. The second kappa shape index (κ2) is 9.02. The summed E-state index contributed by atoms with van der Waals surface area (Å²) in [5.41, 5.74) is 0.705. The van der Waals surface area contributed by atoms with Crippen LogP contribution >= 0.6 is 34.9 Å². The molecule has 1 N–H and O–H groups in total. The summed E-state index contributed by atoms with van der Waals surface area (Å²) in [7, 11) is 0. The zero-order valence-electron chi connectivity index (χ0n) is 13.8. The van der Waals surface area contributed by atoms with Gasteiger partial charge < -0.3 is 10.1 Å². The number of aromatic nitrogens is 2. The summed E-state index contributed by atoms with van der Waals surface area (Å²) < 4.78 is 5.05. The number of nitrogens with zero attached hydrogens (tertiary/aromatic N) is 2. The third kappa shape index (κ3) is 4.75. The molecule has 3 aromatic rings. The molecule has 6 nitrogen and oxygen atoms in total. The van der Waals surface area contributed by atoms with E-state index in [1.807, 2.05) is 42.0 Å². The number of para-hydroxylation sites is 1. The first kappa shape index (κ1) is 18.7. The number of ether oxygens (including phenoxy) is 1. The van der Waals surface area contributed by atoms with E-state index in [0.717, 1.165) is 20.1 Å². The molecule has 0 fully saturated rings. The standard InChI is InChI=1S/C17H15N3O3S3/c1-24-13-5-3-2-4-12(13)20-14(21)8-23-15(22)9-26-17-11-6-7-25-16(11)18-10-19-17/h2-7,10H,8-9H2,1H3,(H,20,21). The van der Waals surface area contributed by atoms with Crippen molar-refractivity contribution in [3.8, 4) is 0 Å². The van der Waals surface area contributed by atoms with Crippen LogP contribution < -0.4 is 5.32 Å². The molecule has 26 heavy (non-hydrogen) atoms. The van der Waals surface area contributed by atoms with Gasteiger partial charge in [-0.05, 0) is 29.8 Å². The molecule has 0 bridgehead atoms. The second-order valence-corrected chi connectivity index (χ2v) is 7.72. The SMILES string of the molecule is CSc1ccccc1NC(=O)COC(=O)CSc1ncnc2sccc12. The van der Waals surface area contributed by atoms with Crippen LogP contribution in [0, 0.1) is 0 Å². The monoisotopic (exact) mass is 405 g/mol. The summed E-state index contributed by atoms with van der Waals surface area (Å²) in [4.78, 5) is 34.1. The van der Waals surface area contributed by atoms with Crippen molar-refractivity contribution in [2.45, 2.75) is 9.92 Å². The molecule has 0 saturated heterocycles. The normalized spacial score (nSPS) is 10.7. The molecule has 1 amide bonds. The number of benzene rings is 1. The van der Waals surface area contributed by atoms with Gasteiger partial charge in [0.15, 0.2) is 6.61 Å². The second-order valence-electron chi connectivity index (χ2n) is 5.02. The van der Waals surface area contributed by atoms with Crippen LogP contribution in [-0.4, -0.2) is 40.5 Å². The van der Waals surface area contributed by atoms with Crippen molar-refractivity contribution in [1.82, 2.24) is 9.97 Å². The summed E-state index contributed by atoms with van der Waals surface area (Å²) >= 11 is 4.32. The van der Waals surface area contributed by atoms with Crippen molar-refractivity contribution >= 4 is 62.6 Å². The van der Waals surface area contributed by atoms with Crippen molar-refractivity contribution in [2.24, 2.45) is 0 Å². The van der Waals surface area contributed by atoms with E-state index in [1.165, 1.54) is 41.2 Å². The van der Waals surface area contributed by atoms with Gasteiger partial charge in [-0.2, -0.15) is 0 Å². The predicted octanol–water partition coefficient (Wildman–Crippen LogP) is 3.69. The number of rotatable bonds is 7. The molecule has 1 aromatic carbocycles. The van der Waals surface area contributed by atoms with Crippen LogP contribution in [0.2, 0.25) is 0 Å². The van der Waals surface area contributed by atoms with Gasteiger partial charge in [-0.1, -0.05) is 23.9 Å². The highest BCUT2D eigenvalue weighted by Crippen LogP contribution is 2.27. The summed E-state index contributed by atoms with van der Waals surface area (Å²) in [6, 6.07) is 9.38. The van der Waals surface area contributed by atoms with Gasteiger partial charge in [0.05, 0.1) is 11.4 Å². The lowest BCUT2D eigenvalue weighted by Crippen LogP contribution is -2.21. The zero-order valence-corrected chi connectivity index (χ0v) is 16.2. The molecule has 0 atom stereocenters. The van der Waals surface area contributed by atoms with Crippen molar-refractivity contribution in [3.63, 3.8) is 0 Å². The van der Waals surface area contributed by atoms with E-state index in [9.17, 15) is 9.59 Å². The zero-order chi connectivity index (χ0) is 18.4. The number of carbonyl (C=O) groups excluding carboxylic acids is 2. The largest absolute Gasteiger partial charge is 0.455 e. The first-order valence-corrected chi connectivity index (χ1v) is 10.7. The maximum absolute atomic E-state index is 12.0. The number of thiophene rings is 1. The quantitative estimate of drug-likeness (QED) is 0.365. The fraction of sp³-hybridized carbons (Fsp3) is 0.176. The number of nitrogens with one attached hydrogen (secondary N) is 1. The number of esters is 1. The molecule has 0 aliphatic rings. The molecular weight excluding hydrogens is 390 g/mol. The van der Waals surface area contributed by atoms with Crippen LogP contribution in [0.4, 0.5) is 5.69 Å². The Morgan fingerprint density at radius 3 is 2.92 bits per heavy atom. The van der Waals surface area contributed by atoms with Crippen LogP contribution in [0.1, 0.15) is 0 Å². The predicted molar refractivity (Wildman–Crippen MR) is 106 cm³/mol. The highest BCUT2D eigenvalue weighted by atomic mass is 32.2. The average Bonchev–Trinajstić information content (AvgIpc) is 3.14. The lowest BCUT2D eigenvalue weighted by molar-refractivity contribution is -0.144. The Morgan fingerprint density at radius 1 is 1.23 bits per heavy atom. The molecule has 9 heteroatoms. The Balaban J connectivity index is 1.48. The number of hydrogen-bond donors (Lipinski definition) is 1. The lowest BCUT2D eigenvalue weighted by Gasteiger charge is -2.09. The number of thioether (sulfide) groups is 2. The Bertz CT molecular complexity index is 930. The molecule has 2 aromatic heterocycles. The highest BCUT2D eigenvalue weighted by Gasteiger charge is 2.12. The average molecular weight is 406 g/mol. The van der Waals surface area contributed by atoms with E-state index in [0.29, 0.717) is 5.69 Å². The van der Waals surface area contributed by atoms with Gasteiger partial charge in [-0.25, -0.2) is 9.97 Å². The molecule has 134 valence electrons. The Morgan fingerprint density at radius 2 is 2.08 bits per heavy atom. The molecule has 3 rings (SSSR count). The van der Waals surface area contributed by atoms with Crippen LogP contribution in [0.5, 0.6) is 0 Å². The molecule has 0 saturated carbocycles. The first-order chi connectivity index (χ1) is 12.7. The fourth-order valence-electron chi connectivity index (χ4n) is 2.13. The third-order valence-corrected chi connectivity index (χ3v) is 5.89. The summed E-state index contributed by atoms with van der Waals surface area (Å²) in [5.74, 6) is -0.756.